The maximum atomic E-state index is 12.7. The molecule has 2 heterocycles. The lowest BCUT2D eigenvalue weighted by Gasteiger charge is -2.32. The zero-order valence-corrected chi connectivity index (χ0v) is 15.8. The van der Waals surface area contributed by atoms with Crippen LogP contribution in [-0.4, -0.2) is 60.1 Å². The number of hydrogen-bond acceptors (Lipinski definition) is 6. The normalized spacial score (nSPS) is 15.5. The quantitative estimate of drug-likeness (QED) is 0.788. The summed E-state index contributed by atoms with van der Waals surface area (Å²) in [5.41, 5.74) is 1.15. The molecule has 3 rings (SSSR count). The molecule has 1 saturated heterocycles. The third-order valence-electron chi connectivity index (χ3n) is 4.66. The van der Waals surface area contributed by atoms with Gasteiger partial charge in [0.1, 0.15) is 0 Å². The fourth-order valence-electron chi connectivity index (χ4n) is 3.27. The average Bonchev–Trinajstić information content (AvgIpc) is 3.10. The Bertz CT molecular complexity index is 708. The highest BCUT2D eigenvalue weighted by Gasteiger charge is 2.29. The lowest BCUT2D eigenvalue weighted by atomic mass is 9.95. The Hall–Kier alpha value is -2.41. The van der Waals surface area contributed by atoms with E-state index in [1.807, 2.05) is 61.3 Å². The van der Waals surface area contributed by atoms with Crippen LogP contribution in [0.1, 0.15) is 24.3 Å². The first-order valence-corrected chi connectivity index (χ1v) is 9.04. The molecule has 1 aromatic heterocycles. The first kappa shape index (κ1) is 18.4. The van der Waals surface area contributed by atoms with E-state index in [0.717, 1.165) is 31.5 Å². The molecule has 0 N–H and O–H groups in total. The van der Waals surface area contributed by atoms with Gasteiger partial charge in [0.05, 0.1) is 6.54 Å². The highest BCUT2D eigenvalue weighted by molar-refractivity contribution is 5.78. The molecule has 1 aliphatic rings. The number of aromatic nitrogens is 2. The van der Waals surface area contributed by atoms with Gasteiger partial charge in [-0.25, -0.2) is 0 Å². The number of carbonyl (C=O) groups is 1. The van der Waals surface area contributed by atoms with Crippen LogP contribution >= 0.6 is 0 Å². The van der Waals surface area contributed by atoms with Crippen LogP contribution in [0.2, 0.25) is 0 Å². The highest BCUT2D eigenvalue weighted by Crippen LogP contribution is 2.24. The fraction of sp³-hybridized carbons (Fsp3) is 0.526. The molecule has 0 spiro atoms. The van der Waals surface area contributed by atoms with Gasteiger partial charge in [0.15, 0.2) is 0 Å². The molecular weight excluding hydrogens is 330 g/mol. The second kappa shape index (κ2) is 8.31. The Morgan fingerprint density at radius 1 is 1.12 bits per heavy atom. The lowest BCUT2D eigenvalue weighted by molar-refractivity contribution is -0.135. The van der Waals surface area contributed by atoms with Gasteiger partial charge >= 0.3 is 6.01 Å². The molecule has 1 aromatic carbocycles. The SMILES string of the molecule is CN(C)Cc1nnc(N2CCC(C(=O)N(C)Cc3ccccc3)CC2)o1. The molecule has 7 heteroatoms. The predicted molar refractivity (Wildman–Crippen MR) is 99.5 cm³/mol. The van der Waals surface area contributed by atoms with Crippen LogP contribution < -0.4 is 4.90 Å². The first-order chi connectivity index (χ1) is 12.5. The van der Waals surface area contributed by atoms with Gasteiger partial charge in [0.2, 0.25) is 11.8 Å². The molecule has 0 saturated carbocycles. The third kappa shape index (κ3) is 4.60. The fourth-order valence-corrected chi connectivity index (χ4v) is 3.27. The standard InChI is InChI=1S/C19H27N5O2/c1-22(2)14-17-20-21-19(26-17)24-11-9-16(10-12-24)18(25)23(3)13-15-7-5-4-6-8-15/h4-8,16H,9-14H2,1-3H3. The number of benzene rings is 1. The molecule has 1 amide bonds. The molecule has 0 radical (unpaired) electrons. The zero-order chi connectivity index (χ0) is 18.5. The minimum absolute atomic E-state index is 0.0594. The molecule has 7 nitrogen and oxygen atoms in total. The summed E-state index contributed by atoms with van der Waals surface area (Å²) >= 11 is 0. The largest absolute Gasteiger partial charge is 0.407 e. The van der Waals surface area contributed by atoms with Crippen molar-refractivity contribution in [3.05, 3.63) is 41.8 Å². The number of rotatable bonds is 6. The van der Waals surface area contributed by atoms with Crippen LogP contribution in [0.25, 0.3) is 0 Å². The molecule has 0 unspecified atom stereocenters. The van der Waals surface area contributed by atoms with E-state index in [-0.39, 0.29) is 11.8 Å². The Balaban J connectivity index is 1.51. The van der Waals surface area contributed by atoms with E-state index >= 15 is 0 Å². The van der Waals surface area contributed by atoms with Crippen molar-refractivity contribution < 1.29 is 9.21 Å². The van der Waals surface area contributed by atoms with Crippen molar-refractivity contribution in [3.8, 4) is 0 Å². The Morgan fingerprint density at radius 2 is 1.81 bits per heavy atom. The van der Waals surface area contributed by atoms with Gasteiger partial charge in [-0.3, -0.25) is 4.79 Å². The van der Waals surface area contributed by atoms with Gasteiger partial charge in [0, 0.05) is 32.6 Å². The zero-order valence-electron chi connectivity index (χ0n) is 15.8. The molecule has 2 aromatic rings. The third-order valence-corrected chi connectivity index (χ3v) is 4.66. The number of hydrogen-bond donors (Lipinski definition) is 0. The van der Waals surface area contributed by atoms with Crippen LogP contribution in [0.5, 0.6) is 0 Å². The lowest BCUT2D eigenvalue weighted by Crippen LogP contribution is -2.41. The molecule has 0 aliphatic carbocycles. The summed E-state index contributed by atoms with van der Waals surface area (Å²) in [6, 6.07) is 10.6. The first-order valence-electron chi connectivity index (χ1n) is 9.04. The second-order valence-electron chi connectivity index (χ2n) is 7.16. The number of carbonyl (C=O) groups excluding carboxylic acids is 1. The van der Waals surface area contributed by atoms with Gasteiger partial charge in [-0.1, -0.05) is 35.4 Å². The summed E-state index contributed by atoms with van der Waals surface area (Å²) in [4.78, 5) is 18.6. The average molecular weight is 357 g/mol. The second-order valence-corrected chi connectivity index (χ2v) is 7.16. The van der Waals surface area contributed by atoms with Crippen molar-refractivity contribution in [1.82, 2.24) is 20.0 Å². The van der Waals surface area contributed by atoms with Crippen molar-refractivity contribution >= 4 is 11.9 Å². The van der Waals surface area contributed by atoms with E-state index in [1.54, 1.807) is 0 Å². The Kier molecular flexibility index (Phi) is 5.88. The van der Waals surface area contributed by atoms with Gasteiger partial charge in [-0.2, -0.15) is 0 Å². The maximum Gasteiger partial charge on any atom is 0.318 e. The number of piperidine rings is 1. The van der Waals surface area contributed by atoms with Crippen molar-refractivity contribution in [1.29, 1.82) is 0 Å². The van der Waals surface area contributed by atoms with Gasteiger partial charge < -0.3 is 19.1 Å². The smallest absolute Gasteiger partial charge is 0.318 e. The maximum absolute atomic E-state index is 12.7. The van der Waals surface area contributed by atoms with Crippen LogP contribution in [0.4, 0.5) is 6.01 Å². The van der Waals surface area contributed by atoms with Gasteiger partial charge in [-0.15, -0.1) is 5.10 Å². The number of amides is 1. The summed E-state index contributed by atoms with van der Waals surface area (Å²) in [5, 5.41) is 8.23. The molecule has 26 heavy (non-hydrogen) atoms. The van der Waals surface area contributed by atoms with Crippen molar-refractivity contribution in [3.63, 3.8) is 0 Å². The summed E-state index contributed by atoms with van der Waals surface area (Å²) in [7, 11) is 5.81. The minimum atomic E-state index is 0.0594. The van der Waals surface area contributed by atoms with Crippen molar-refractivity contribution in [2.75, 3.05) is 39.1 Å². The molecule has 1 fully saturated rings. The van der Waals surface area contributed by atoms with Crippen LogP contribution in [0.3, 0.4) is 0 Å². The molecule has 0 atom stereocenters. The molecule has 140 valence electrons. The van der Waals surface area contributed by atoms with E-state index in [1.165, 1.54) is 0 Å². The summed E-state index contributed by atoms with van der Waals surface area (Å²) < 4.78 is 5.72. The monoisotopic (exact) mass is 357 g/mol. The Labute approximate surface area is 154 Å². The van der Waals surface area contributed by atoms with E-state index in [2.05, 4.69) is 15.1 Å². The Morgan fingerprint density at radius 3 is 2.46 bits per heavy atom. The highest BCUT2D eigenvalue weighted by atomic mass is 16.4. The molecular formula is C19H27N5O2. The molecule has 1 aliphatic heterocycles. The van der Waals surface area contributed by atoms with Crippen LogP contribution in [0.15, 0.2) is 34.7 Å². The topological polar surface area (TPSA) is 65.7 Å². The predicted octanol–water partition coefficient (Wildman–Crippen LogP) is 2.01. The van der Waals surface area contributed by atoms with Crippen molar-refractivity contribution in [2.24, 2.45) is 5.92 Å². The van der Waals surface area contributed by atoms with Crippen LogP contribution in [0, 0.1) is 5.92 Å². The van der Waals surface area contributed by atoms with Crippen molar-refractivity contribution in [2.45, 2.75) is 25.9 Å². The summed E-state index contributed by atoms with van der Waals surface area (Å²) in [6.45, 7) is 2.81. The molecule has 0 bridgehead atoms. The van der Waals surface area contributed by atoms with Gasteiger partial charge in [0.25, 0.3) is 0 Å². The van der Waals surface area contributed by atoms with E-state index in [9.17, 15) is 4.79 Å². The number of nitrogens with zero attached hydrogens (tertiary/aromatic N) is 5. The van der Waals surface area contributed by atoms with Crippen LogP contribution in [-0.2, 0) is 17.9 Å². The van der Waals surface area contributed by atoms with Gasteiger partial charge in [-0.05, 0) is 32.5 Å². The minimum Gasteiger partial charge on any atom is -0.407 e. The number of anilines is 1. The summed E-state index contributed by atoms with van der Waals surface area (Å²) in [5.74, 6) is 0.891. The van der Waals surface area contributed by atoms with E-state index in [0.29, 0.717) is 25.0 Å². The van der Waals surface area contributed by atoms with E-state index in [4.69, 9.17) is 4.42 Å². The van der Waals surface area contributed by atoms with E-state index < -0.39 is 0 Å². The summed E-state index contributed by atoms with van der Waals surface area (Å²) in [6.07, 6.45) is 1.62.